The number of carbonyl (C=O) groups is 1. The Labute approximate surface area is 122 Å². The summed E-state index contributed by atoms with van der Waals surface area (Å²) in [5.41, 5.74) is 1.20. The van der Waals surface area contributed by atoms with E-state index in [1.54, 1.807) is 0 Å². The lowest BCUT2D eigenvalue weighted by molar-refractivity contribution is 0.170. The minimum atomic E-state index is 0.0965. The number of amides is 2. The van der Waals surface area contributed by atoms with Crippen LogP contribution in [-0.2, 0) is 0 Å². The zero-order chi connectivity index (χ0) is 14.4. The molecule has 1 aromatic rings. The molecule has 3 heteroatoms. The molecule has 1 heterocycles. The highest BCUT2D eigenvalue weighted by Crippen LogP contribution is 2.20. The van der Waals surface area contributed by atoms with Gasteiger partial charge in [0.1, 0.15) is 0 Å². The van der Waals surface area contributed by atoms with E-state index in [-0.39, 0.29) is 12.1 Å². The molecule has 0 aromatic heterocycles. The Bertz CT molecular complexity index is 410. The number of carbonyl (C=O) groups excluding carboxylic acids is 1. The van der Waals surface area contributed by atoms with Crippen molar-refractivity contribution in [2.75, 3.05) is 13.1 Å². The van der Waals surface area contributed by atoms with Gasteiger partial charge in [-0.3, -0.25) is 0 Å². The van der Waals surface area contributed by atoms with Gasteiger partial charge in [-0.05, 0) is 30.7 Å². The van der Waals surface area contributed by atoms with Gasteiger partial charge in [0.15, 0.2) is 0 Å². The fourth-order valence-corrected chi connectivity index (χ4v) is 2.75. The van der Waals surface area contributed by atoms with Crippen LogP contribution in [0, 0.1) is 5.92 Å². The van der Waals surface area contributed by atoms with Gasteiger partial charge in [-0.1, -0.05) is 50.6 Å². The predicted molar refractivity (Wildman–Crippen MR) is 82.6 cm³/mol. The predicted octanol–water partition coefficient (Wildman–Crippen LogP) is 3.97. The molecule has 20 heavy (non-hydrogen) atoms. The highest BCUT2D eigenvalue weighted by molar-refractivity contribution is 5.74. The normalized spacial score (nSPS) is 17.8. The maximum Gasteiger partial charge on any atom is 0.317 e. The molecule has 1 saturated heterocycles. The van der Waals surface area contributed by atoms with Crippen molar-refractivity contribution in [3.8, 4) is 0 Å². The third-order valence-corrected chi connectivity index (χ3v) is 4.15. The average Bonchev–Trinajstić information content (AvgIpc) is 2.48. The van der Waals surface area contributed by atoms with Crippen molar-refractivity contribution in [1.82, 2.24) is 10.2 Å². The third-order valence-electron chi connectivity index (χ3n) is 4.15. The van der Waals surface area contributed by atoms with E-state index < -0.39 is 0 Å². The number of piperidine rings is 1. The largest absolute Gasteiger partial charge is 0.331 e. The summed E-state index contributed by atoms with van der Waals surface area (Å²) in [6.07, 6.45) is 4.30. The molecule has 0 aliphatic carbocycles. The molecule has 1 unspecified atom stereocenters. The lowest BCUT2D eigenvalue weighted by Crippen LogP contribution is -2.45. The van der Waals surface area contributed by atoms with Crippen LogP contribution in [0.15, 0.2) is 30.3 Å². The van der Waals surface area contributed by atoms with Crippen LogP contribution in [0.3, 0.4) is 0 Å². The second-order valence-corrected chi connectivity index (χ2v) is 5.87. The first kappa shape index (κ1) is 14.9. The average molecular weight is 274 g/mol. The highest BCUT2D eigenvalue weighted by Gasteiger charge is 2.22. The van der Waals surface area contributed by atoms with Crippen molar-refractivity contribution in [2.45, 2.75) is 45.6 Å². The zero-order valence-electron chi connectivity index (χ0n) is 12.6. The fraction of sp³-hybridized carbons (Fsp3) is 0.588. The SMILES string of the molecule is CCCC(NC(=O)N1CCC(C)CC1)c1ccccc1. The smallest absolute Gasteiger partial charge is 0.317 e. The van der Waals surface area contributed by atoms with E-state index in [2.05, 4.69) is 31.3 Å². The zero-order valence-corrected chi connectivity index (χ0v) is 12.6. The Balaban J connectivity index is 1.96. The van der Waals surface area contributed by atoms with E-state index in [1.807, 2.05) is 23.1 Å². The summed E-state index contributed by atoms with van der Waals surface area (Å²) in [6, 6.07) is 10.5. The molecule has 0 bridgehead atoms. The van der Waals surface area contributed by atoms with Gasteiger partial charge in [0.25, 0.3) is 0 Å². The maximum atomic E-state index is 12.4. The molecule has 3 nitrogen and oxygen atoms in total. The minimum Gasteiger partial charge on any atom is -0.331 e. The second-order valence-electron chi connectivity index (χ2n) is 5.87. The Morgan fingerprint density at radius 2 is 1.95 bits per heavy atom. The molecule has 110 valence electrons. The lowest BCUT2D eigenvalue weighted by atomic mass is 9.99. The lowest BCUT2D eigenvalue weighted by Gasteiger charge is -2.32. The molecule has 1 aliphatic rings. The minimum absolute atomic E-state index is 0.0965. The van der Waals surface area contributed by atoms with Crippen molar-refractivity contribution < 1.29 is 4.79 Å². The van der Waals surface area contributed by atoms with Crippen LogP contribution in [-0.4, -0.2) is 24.0 Å². The first-order valence-electron chi connectivity index (χ1n) is 7.81. The molecule has 1 aliphatic heterocycles. The standard InChI is InChI=1S/C17H26N2O/c1-3-7-16(15-8-5-4-6-9-15)18-17(20)19-12-10-14(2)11-13-19/h4-6,8-9,14,16H,3,7,10-13H2,1-2H3,(H,18,20). The van der Waals surface area contributed by atoms with Crippen molar-refractivity contribution in [1.29, 1.82) is 0 Å². The number of hydrogen-bond acceptors (Lipinski definition) is 1. The Morgan fingerprint density at radius 1 is 1.30 bits per heavy atom. The van der Waals surface area contributed by atoms with E-state index in [0.29, 0.717) is 0 Å². The van der Waals surface area contributed by atoms with Crippen LogP contribution in [0.4, 0.5) is 4.79 Å². The third kappa shape index (κ3) is 3.99. The first-order chi connectivity index (χ1) is 9.70. The molecule has 2 amide bonds. The summed E-state index contributed by atoms with van der Waals surface area (Å²) in [5, 5.41) is 3.21. The molecular weight excluding hydrogens is 248 g/mol. The fourth-order valence-electron chi connectivity index (χ4n) is 2.75. The first-order valence-corrected chi connectivity index (χ1v) is 7.81. The van der Waals surface area contributed by atoms with Crippen LogP contribution >= 0.6 is 0 Å². The highest BCUT2D eigenvalue weighted by atomic mass is 16.2. The van der Waals surface area contributed by atoms with Crippen molar-refractivity contribution in [3.63, 3.8) is 0 Å². The Morgan fingerprint density at radius 3 is 2.55 bits per heavy atom. The summed E-state index contributed by atoms with van der Waals surface area (Å²) in [4.78, 5) is 14.3. The Hall–Kier alpha value is -1.51. The van der Waals surface area contributed by atoms with E-state index in [0.717, 1.165) is 44.7 Å². The molecule has 0 radical (unpaired) electrons. The number of urea groups is 1. The van der Waals surface area contributed by atoms with Gasteiger partial charge >= 0.3 is 6.03 Å². The van der Waals surface area contributed by atoms with Crippen LogP contribution < -0.4 is 5.32 Å². The van der Waals surface area contributed by atoms with Crippen molar-refractivity contribution >= 4 is 6.03 Å². The number of hydrogen-bond donors (Lipinski definition) is 1. The molecule has 1 aromatic carbocycles. The number of nitrogens with one attached hydrogen (secondary N) is 1. The summed E-state index contributed by atoms with van der Waals surface area (Å²) in [6.45, 7) is 6.20. The van der Waals surface area contributed by atoms with Gasteiger partial charge < -0.3 is 10.2 Å². The summed E-state index contributed by atoms with van der Waals surface area (Å²) >= 11 is 0. The number of likely N-dealkylation sites (tertiary alicyclic amines) is 1. The molecule has 1 atom stereocenters. The van der Waals surface area contributed by atoms with Crippen molar-refractivity contribution in [2.24, 2.45) is 5.92 Å². The molecule has 2 rings (SSSR count). The van der Waals surface area contributed by atoms with Gasteiger partial charge in [0, 0.05) is 13.1 Å². The molecular formula is C17H26N2O. The van der Waals surface area contributed by atoms with Gasteiger partial charge in [0.2, 0.25) is 0 Å². The van der Waals surface area contributed by atoms with Crippen LogP contribution in [0.2, 0.25) is 0 Å². The van der Waals surface area contributed by atoms with Crippen LogP contribution in [0.25, 0.3) is 0 Å². The topological polar surface area (TPSA) is 32.3 Å². The summed E-state index contributed by atoms with van der Waals surface area (Å²) in [7, 11) is 0. The van der Waals surface area contributed by atoms with E-state index >= 15 is 0 Å². The number of benzene rings is 1. The van der Waals surface area contributed by atoms with Gasteiger partial charge in [0.05, 0.1) is 6.04 Å². The van der Waals surface area contributed by atoms with E-state index in [9.17, 15) is 4.79 Å². The van der Waals surface area contributed by atoms with Crippen LogP contribution in [0.5, 0.6) is 0 Å². The van der Waals surface area contributed by atoms with E-state index in [4.69, 9.17) is 0 Å². The van der Waals surface area contributed by atoms with Crippen molar-refractivity contribution in [3.05, 3.63) is 35.9 Å². The molecule has 1 fully saturated rings. The van der Waals surface area contributed by atoms with Gasteiger partial charge in [-0.2, -0.15) is 0 Å². The molecule has 0 spiro atoms. The summed E-state index contributed by atoms with van der Waals surface area (Å²) in [5.74, 6) is 0.750. The van der Waals surface area contributed by atoms with Gasteiger partial charge in [-0.25, -0.2) is 4.79 Å². The number of rotatable bonds is 4. The van der Waals surface area contributed by atoms with E-state index in [1.165, 1.54) is 5.56 Å². The molecule has 0 saturated carbocycles. The maximum absolute atomic E-state index is 12.4. The quantitative estimate of drug-likeness (QED) is 0.885. The Kier molecular flexibility index (Phi) is 5.45. The second kappa shape index (κ2) is 7.32. The number of nitrogens with zero attached hydrogens (tertiary/aromatic N) is 1. The van der Waals surface area contributed by atoms with Gasteiger partial charge in [-0.15, -0.1) is 0 Å². The van der Waals surface area contributed by atoms with Crippen LogP contribution in [0.1, 0.15) is 51.1 Å². The molecule has 1 N–H and O–H groups in total. The monoisotopic (exact) mass is 274 g/mol. The summed E-state index contributed by atoms with van der Waals surface area (Å²) < 4.78 is 0.